The van der Waals surface area contributed by atoms with Crippen molar-refractivity contribution in [1.29, 1.82) is 0 Å². The molecular weight excluding hydrogens is 430 g/mol. The van der Waals surface area contributed by atoms with Gasteiger partial charge in [0.25, 0.3) is 11.8 Å². The van der Waals surface area contributed by atoms with Crippen LogP contribution in [0.1, 0.15) is 53.3 Å². The molecule has 0 fully saturated rings. The molecule has 3 rings (SSSR count). The van der Waals surface area contributed by atoms with E-state index in [2.05, 4.69) is 22.9 Å². The number of methoxy groups -OCH3 is 1. The Hall–Kier alpha value is -4.13. The minimum Gasteiger partial charge on any atom is -0.497 e. The number of carbonyl (C=O) groups is 3. The molecule has 0 atom stereocenters. The van der Waals surface area contributed by atoms with E-state index in [9.17, 15) is 14.4 Å². The lowest BCUT2D eigenvalue weighted by atomic mass is 10.1. The zero-order valence-electron chi connectivity index (χ0n) is 19.4. The fourth-order valence-electron chi connectivity index (χ4n) is 3.25. The number of benzene rings is 3. The number of hydrogen-bond donors (Lipinski definition) is 3. The predicted molar refractivity (Wildman–Crippen MR) is 135 cm³/mol. The van der Waals surface area contributed by atoms with Crippen LogP contribution in [-0.4, -0.2) is 24.8 Å². The molecule has 7 heteroatoms. The number of ether oxygens (including phenoxy) is 1. The first kappa shape index (κ1) is 24.5. The maximum absolute atomic E-state index is 12.5. The minimum absolute atomic E-state index is 0.0261. The molecule has 0 saturated carbocycles. The Labute approximate surface area is 199 Å². The summed E-state index contributed by atoms with van der Waals surface area (Å²) in [6.45, 7) is 2.09. The standard InChI is InChI=1S/C27H29N3O4/c1-3-4-5-6-25(31)28-21-11-7-19(8-12-21)26(32)29-22-13-9-20(10-14-22)27(33)30-23-15-17-24(34-2)18-16-23/h7-18H,3-6H2,1-2H3,(H,28,31)(H,29,32)(H,30,33). The van der Waals surface area contributed by atoms with Crippen molar-refractivity contribution in [1.82, 2.24) is 0 Å². The number of amides is 3. The summed E-state index contributed by atoms with van der Waals surface area (Å²) in [6.07, 6.45) is 3.45. The first-order chi connectivity index (χ1) is 16.5. The Bertz CT molecular complexity index is 1110. The van der Waals surface area contributed by atoms with Gasteiger partial charge in [-0.05, 0) is 79.2 Å². The van der Waals surface area contributed by atoms with E-state index in [0.29, 0.717) is 40.4 Å². The van der Waals surface area contributed by atoms with Crippen molar-refractivity contribution in [3.05, 3.63) is 83.9 Å². The molecule has 0 bridgehead atoms. The quantitative estimate of drug-likeness (QED) is 0.338. The van der Waals surface area contributed by atoms with E-state index < -0.39 is 0 Å². The summed E-state index contributed by atoms with van der Waals surface area (Å²) in [5.74, 6) is 0.147. The average molecular weight is 460 g/mol. The predicted octanol–water partition coefficient (Wildman–Crippen LogP) is 5.72. The second-order valence-electron chi connectivity index (χ2n) is 7.80. The highest BCUT2D eigenvalue weighted by atomic mass is 16.5. The number of unbranched alkanes of at least 4 members (excludes halogenated alkanes) is 2. The zero-order chi connectivity index (χ0) is 24.3. The molecule has 0 heterocycles. The molecule has 34 heavy (non-hydrogen) atoms. The lowest BCUT2D eigenvalue weighted by molar-refractivity contribution is -0.116. The molecule has 3 amide bonds. The van der Waals surface area contributed by atoms with Crippen LogP contribution in [0.5, 0.6) is 5.75 Å². The lowest BCUT2D eigenvalue weighted by Gasteiger charge is -2.09. The minimum atomic E-state index is -0.281. The van der Waals surface area contributed by atoms with E-state index in [1.54, 1.807) is 79.9 Å². The fourth-order valence-corrected chi connectivity index (χ4v) is 3.25. The van der Waals surface area contributed by atoms with Crippen LogP contribution in [0.25, 0.3) is 0 Å². The van der Waals surface area contributed by atoms with Crippen molar-refractivity contribution in [3.8, 4) is 5.75 Å². The molecule has 0 spiro atoms. The number of carbonyl (C=O) groups excluding carboxylic acids is 3. The van der Waals surface area contributed by atoms with Crippen molar-refractivity contribution < 1.29 is 19.1 Å². The number of nitrogens with one attached hydrogen (secondary N) is 3. The smallest absolute Gasteiger partial charge is 0.255 e. The Morgan fingerprint density at radius 1 is 0.647 bits per heavy atom. The van der Waals surface area contributed by atoms with Crippen molar-refractivity contribution >= 4 is 34.8 Å². The Morgan fingerprint density at radius 3 is 1.53 bits per heavy atom. The van der Waals surface area contributed by atoms with E-state index in [-0.39, 0.29) is 17.7 Å². The van der Waals surface area contributed by atoms with Crippen LogP contribution in [0.4, 0.5) is 17.1 Å². The maximum Gasteiger partial charge on any atom is 0.255 e. The topological polar surface area (TPSA) is 96.5 Å². The van der Waals surface area contributed by atoms with Gasteiger partial charge in [0.15, 0.2) is 0 Å². The summed E-state index contributed by atoms with van der Waals surface area (Å²) in [4.78, 5) is 36.9. The number of anilines is 3. The highest BCUT2D eigenvalue weighted by molar-refractivity contribution is 6.06. The molecule has 0 radical (unpaired) electrons. The van der Waals surface area contributed by atoms with Gasteiger partial charge in [0.2, 0.25) is 5.91 Å². The molecule has 0 aliphatic rings. The van der Waals surface area contributed by atoms with Gasteiger partial charge in [-0.3, -0.25) is 14.4 Å². The second-order valence-corrected chi connectivity index (χ2v) is 7.80. The molecule has 176 valence electrons. The largest absolute Gasteiger partial charge is 0.497 e. The van der Waals surface area contributed by atoms with E-state index in [0.717, 1.165) is 19.3 Å². The van der Waals surface area contributed by atoms with Gasteiger partial charge in [0, 0.05) is 34.6 Å². The molecule has 0 aliphatic heterocycles. The van der Waals surface area contributed by atoms with E-state index in [4.69, 9.17) is 4.74 Å². The normalized spacial score (nSPS) is 10.3. The Kier molecular flexibility index (Phi) is 8.80. The van der Waals surface area contributed by atoms with Crippen molar-refractivity contribution in [3.63, 3.8) is 0 Å². The van der Waals surface area contributed by atoms with Crippen LogP contribution in [0.2, 0.25) is 0 Å². The Morgan fingerprint density at radius 2 is 1.09 bits per heavy atom. The van der Waals surface area contributed by atoms with Gasteiger partial charge in [-0.25, -0.2) is 0 Å². The van der Waals surface area contributed by atoms with Crippen LogP contribution in [0, 0.1) is 0 Å². The highest BCUT2D eigenvalue weighted by Gasteiger charge is 2.10. The summed E-state index contributed by atoms with van der Waals surface area (Å²) in [5, 5.41) is 8.47. The molecule has 3 N–H and O–H groups in total. The first-order valence-corrected chi connectivity index (χ1v) is 11.2. The summed E-state index contributed by atoms with van der Waals surface area (Å²) in [6, 6.07) is 20.4. The summed E-state index contributed by atoms with van der Waals surface area (Å²) in [7, 11) is 1.58. The zero-order valence-corrected chi connectivity index (χ0v) is 19.4. The maximum atomic E-state index is 12.5. The molecule has 0 aliphatic carbocycles. The van der Waals surface area contributed by atoms with Crippen LogP contribution in [-0.2, 0) is 4.79 Å². The van der Waals surface area contributed by atoms with Crippen molar-refractivity contribution in [2.75, 3.05) is 23.1 Å². The fraction of sp³-hybridized carbons (Fsp3) is 0.222. The van der Waals surface area contributed by atoms with E-state index in [1.807, 2.05) is 0 Å². The Balaban J connectivity index is 1.52. The molecule has 3 aromatic carbocycles. The first-order valence-electron chi connectivity index (χ1n) is 11.2. The van der Waals surface area contributed by atoms with Crippen molar-refractivity contribution in [2.45, 2.75) is 32.6 Å². The number of rotatable bonds is 10. The van der Waals surface area contributed by atoms with Gasteiger partial charge >= 0.3 is 0 Å². The van der Waals surface area contributed by atoms with Gasteiger partial charge < -0.3 is 20.7 Å². The lowest BCUT2D eigenvalue weighted by Crippen LogP contribution is -2.14. The monoisotopic (exact) mass is 459 g/mol. The SMILES string of the molecule is CCCCCC(=O)Nc1ccc(C(=O)Nc2ccc(C(=O)Nc3ccc(OC)cc3)cc2)cc1. The summed E-state index contributed by atoms with van der Waals surface area (Å²) < 4.78 is 5.11. The highest BCUT2D eigenvalue weighted by Crippen LogP contribution is 2.18. The van der Waals surface area contributed by atoms with Gasteiger partial charge in [0.05, 0.1) is 7.11 Å². The van der Waals surface area contributed by atoms with Gasteiger partial charge in [-0.15, -0.1) is 0 Å². The number of hydrogen-bond acceptors (Lipinski definition) is 4. The van der Waals surface area contributed by atoms with Crippen LogP contribution < -0.4 is 20.7 Å². The van der Waals surface area contributed by atoms with E-state index in [1.165, 1.54) is 0 Å². The summed E-state index contributed by atoms with van der Waals surface area (Å²) in [5.41, 5.74) is 2.81. The van der Waals surface area contributed by atoms with E-state index >= 15 is 0 Å². The van der Waals surface area contributed by atoms with Gasteiger partial charge in [-0.2, -0.15) is 0 Å². The van der Waals surface area contributed by atoms with Crippen LogP contribution >= 0.6 is 0 Å². The molecule has 0 saturated heterocycles. The van der Waals surface area contributed by atoms with Crippen LogP contribution in [0.15, 0.2) is 72.8 Å². The third kappa shape index (κ3) is 7.20. The summed E-state index contributed by atoms with van der Waals surface area (Å²) >= 11 is 0. The molecule has 3 aromatic rings. The van der Waals surface area contributed by atoms with Crippen LogP contribution in [0.3, 0.4) is 0 Å². The third-order valence-corrected chi connectivity index (χ3v) is 5.19. The van der Waals surface area contributed by atoms with Crippen molar-refractivity contribution in [2.24, 2.45) is 0 Å². The van der Waals surface area contributed by atoms with Gasteiger partial charge in [0.1, 0.15) is 5.75 Å². The molecule has 7 nitrogen and oxygen atoms in total. The molecular formula is C27H29N3O4. The molecule has 0 unspecified atom stereocenters. The average Bonchev–Trinajstić information content (AvgIpc) is 2.85. The molecule has 0 aromatic heterocycles. The third-order valence-electron chi connectivity index (χ3n) is 5.19. The van der Waals surface area contributed by atoms with Gasteiger partial charge in [-0.1, -0.05) is 19.8 Å². The second kappa shape index (κ2) is 12.2.